The quantitative estimate of drug-likeness (QED) is 0.744. The monoisotopic (exact) mass is 341 g/mol. The predicted octanol–water partition coefficient (Wildman–Crippen LogP) is 1.97. The van der Waals surface area contributed by atoms with E-state index in [1.807, 2.05) is 0 Å². The van der Waals surface area contributed by atoms with Crippen LogP contribution in [0.3, 0.4) is 0 Å². The zero-order valence-electron chi connectivity index (χ0n) is 6.52. The van der Waals surface area contributed by atoms with Crippen molar-refractivity contribution in [1.82, 2.24) is 25.0 Å². The molecular weight excluding hydrogens is 340 g/mol. The van der Waals surface area contributed by atoms with Crippen LogP contribution in [0.1, 0.15) is 0 Å². The van der Waals surface area contributed by atoms with Gasteiger partial charge >= 0.3 is 0 Å². The lowest BCUT2D eigenvalue weighted by Gasteiger charge is -2.00. The van der Waals surface area contributed by atoms with Crippen molar-refractivity contribution in [3.05, 3.63) is 26.4 Å². The summed E-state index contributed by atoms with van der Waals surface area (Å²) in [5, 5.41) is 11.3. The summed E-state index contributed by atoms with van der Waals surface area (Å²) in [6.45, 7) is 0. The molecular formula is C6H2Cl2IN5. The summed E-state index contributed by atoms with van der Waals surface area (Å²) in [7, 11) is 0. The fourth-order valence-corrected chi connectivity index (χ4v) is 1.52. The Hall–Kier alpha value is -0.470. The van der Waals surface area contributed by atoms with Gasteiger partial charge in [-0.15, -0.1) is 10.2 Å². The molecule has 72 valence electrons. The molecule has 2 aromatic heterocycles. The SMILES string of the molecule is Clc1nnc(Cl)c(-n2cc(I)cn2)n1. The smallest absolute Gasteiger partial charge is 0.219 e. The number of rotatable bonds is 1. The maximum absolute atomic E-state index is 5.78. The van der Waals surface area contributed by atoms with Crippen LogP contribution in [0, 0.1) is 3.57 Å². The molecule has 14 heavy (non-hydrogen) atoms. The Morgan fingerprint density at radius 1 is 1.29 bits per heavy atom. The highest BCUT2D eigenvalue weighted by atomic mass is 127. The van der Waals surface area contributed by atoms with Gasteiger partial charge in [0, 0.05) is 6.20 Å². The van der Waals surface area contributed by atoms with Crippen LogP contribution in [-0.4, -0.2) is 25.0 Å². The third kappa shape index (κ3) is 1.96. The highest BCUT2D eigenvalue weighted by Gasteiger charge is 2.09. The van der Waals surface area contributed by atoms with Gasteiger partial charge in [-0.3, -0.25) is 0 Å². The second-order valence-corrected chi connectivity index (χ2v) is 4.24. The second kappa shape index (κ2) is 3.95. The van der Waals surface area contributed by atoms with Gasteiger partial charge in [0.2, 0.25) is 5.28 Å². The molecule has 0 saturated heterocycles. The molecule has 0 atom stereocenters. The molecule has 0 aliphatic carbocycles. The second-order valence-electron chi connectivity index (χ2n) is 2.30. The van der Waals surface area contributed by atoms with E-state index in [-0.39, 0.29) is 10.4 Å². The van der Waals surface area contributed by atoms with Crippen LogP contribution >= 0.6 is 45.8 Å². The predicted molar refractivity (Wildman–Crippen MR) is 59.7 cm³/mol. The molecule has 8 heteroatoms. The van der Waals surface area contributed by atoms with Gasteiger partial charge in [0.05, 0.1) is 9.77 Å². The van der Waals surface area contributed by atoms with Gasteiger partial charge in [-0.2, -0.15) is 10.1 Å². The fraction of sp³-hybridized carbons (Fsp3) is 0. The largest absolute Gasteiger partial charge is 0.245 e. The molecule has 5 nitrogen and oxygen atoms in total. The average molecular weight is 342 g/mol. The van der Waals surface area contributed by atoms with Crippen molar-refractivity contribution < 1.29 is 0 Å². The maximum Gasteiger partial charge on any atom is 0.245 e. The van der Waals surface area contributed by atoms with Crippen LogP contribution in [0.5, 0.6) is 0 Å². The Morgan fingerprint density at radius 2 is 2.07 bits per heavy atom. The van der Waals surface area contributed by atoms with Crippen molar-refractivity contribution in [3.8, 4) is 5.82 Å². The summed E-state index contributed by atoms with van der Waals surface area (Å²) in [6.07, 6.45) is 3.43. The van der Waals surface area contributed by atoms with E-state index in [0.717, 1.165) is 3.57 Å². The molecule has 0 N–H and O–H groups in total. The molecule has 0 radical (unpaired) electrons. The molecule has 2 heterocycles. The van der Waals surface area contributed by atoms with Gasteiger partial charge in [-0.25, -0.2) is 4.68 Å². The van der Waals surface area contributed by atoms with E-state index in [1.54, 1.807) is 12.4 Å². The first-order chi connectivity index (χ1) is 6.66. The molecule has 0 saturated carbocycles. The molecule has 2 aromatic rings. The lowest BCUT2D eigenvalue weighted by Crippen LogP contribution is -2.02. The van der Waals surface area contributed by atoms with E-state index in [9.17, 15) is 0 Å². The molecule has 0 aromatic carbocycles. The van der Waals surface area contributed by atoms with Gasteiger partial charge < -0.3 is 0 Å². The standard InChI is InChI=1S/C6H2Cl2IN5/c7-4-5(11-6(8)13-12-4)14-2-3(9)1-10-14/h1-2H. The Labute approximate surface area is 103 Å². The van der Waals surface area contributed by atoms with Crippen molar-refractivity contribution in [2.75, 3.05) is 0 Å². The maximum atomic E-state index is 5.78. The number of hydrogen-bond donors (Lipinski definition) is 0. The third-order valence-corrected chi connectivity index (χ3v) is 2.33. The fourth-order valence-electron chi connectivity index (χ4n) is 0.848. The minimum Gasteiger partial charge on any atom is -0.219 e. The molecule has 0 aliphatic rings. The lowest BCUT2D eigenvalue weighted by atomic mass is 10.7. The zero-order chi connectivity index (χ0) is 10.1. The summed E-state index contributed by atoms with van der Waals surface area (Å²) in [4.78, 5) is 3.91. The van der Waals surface area contributed by atoms with Crippen LogP contribution in [0.4, 0.5) is 0 Å². The van der Waals surface area contributed by atoms with Gasteiger partial charge in [-0.05, 0) is 34.2 Å². The minimum atomic E-state index is 0.0370. The first kappa shape index (κ1) is 10.1. The van der Waals surface area contributed by atoms with E-state index in [4.69, 9.17) is 23.2 Å². The Morgan fingerprint density at radius 3 is 2.71 bits per heavy atom. The van der Waals surface area contributed by atoms with Crippen molar-refractivity contribution in [2.45, 2.75) is 0 Å². The minimum absolute atomic E-state index is 0.0370. The topological polar surface area (TPSA) is 56.5 Å². The number of nitrogens with zero attached hydrogens (tertiary/aromatic N) is 5. The van der Waals surface area contributed by atoms with Gasteiger partial charge in [0.15, 0.2) is 11.0 Å². The first-order valence-corrected chi connectivity index (χ1v) is 5.26. The molecule has 0 spiro atoms. The van der Waals surface area contributed by atoms with Crippen LogP contribution in [-0.2, 0) is 0 Å². The van der Waals surface area contributed by atoms with Gasteiger partial charge in [0.1, 0.15) is 0 Å². The Kier molecular flexibility index (Phi) is 2.84. The van der Waals surface area contributed by atoms with Crippen molar-refractivity contribution in [3.63, 3.8) is 0 Å². The molecule has 0 unspecified atom stereocenters. The lowest BCUT2D eigenvalue weighted by molar-refractivity contribution is 0.814. The summed E-state index contributed by atoms with van der Waals surface area (Å²) >= 11 is 13.5. The molecule has 0 amide bonds. The molecule has 2 rings (SSSR count). The number of hydrogen-bond acceptors (Lipinski definition) is 4. The molecule has 0 aliphatic heterocycles. The summed E-state index contributed by atoms with van der Waals surface area (Å²) in [5.41, 5.74) is 0. The third-order valence-electron chi connectivity index (χ3n) is 1.37. The van der Waals surface area contributed by atoms with Crippen molar-refractivity contribution >= 4 is 45.8 Å². The average Bonchev–Trinajstić information content (AvgIpc) is 2.56. The highest BCUT2D eigenvalue weighted by Crippen LogP contribution is 2.16. The highest BCUT2D eigenvalue weighted by molar-refractivity contribution is 14.1. The Bertz CT molecular complexity index is 471. The summed E-state index contributed by atoms with van der Waals surface area (Å²) in [5.74, 6) is 0.370. The van der Waals surface area contributed by atoms with Crippen LogP contribution < -0.4 is 0 Å². The van der Waals surface area contributed by atoms with Crippen molar-refractivity contribution in [2.24, 2.45) is 0 Å². The van der Waals surface area contributed by atoms with Gasteiger partial charge in [0.25, 0.3) is 0 Å². The Balaban J connectivity index is 2.55. The summed E-state index contributed by atoms with van der Waals surface area (Å²) < 4.78 is 2.46. The normalized spacial score (nSPS) is 10.5. The van der Waals surface area contributed by atoms with E-state index in [0.29, 0.717) is 5.82 Å². The van der Waals surface area contributed by atoms with Crippen LogP contribution in [0.15, 0.2) is 12.4 Å². The number of aromatic nitrogens is 5. The van der Waals surface area contributed by atoms with E-state index in [2.05, 4.69) is 42.9 Å². The van der Waals surface area contributed by atoms with E-state index >= 15 is 0 Å². The van der Waals surface area contributed by atoms with Crippen LogP contribution in [0.2, 0.25) is 10.4 Å². The number of halogens is 3. The zero-order valence-corrected chi connectivity index (χ0v) is 10.2. The van der Waals surface area contributed by atoms with E-state index in [1.165, 1.54) is 4.68 Å². The molecule has 0 fully saturated rings. The van der Waals surface area contributed by atoms with Crippen LogP contribution in [0.25, 0.3) is 5.82 Å². The van der Waals surface area contributed by atoms with Gasteiger partial charge in [-0.1, -0.05) is 11.6 Å². The molecule has 0 bridgehead atoms. The first-order valence-electron chi connectivity index (χ1n) is 3.43. The summed E-state index contributed by atoms with van der Waals surface area (Å²) in [6, 6.07) is 0. The van der Waals surface area contributed by atoms with E-state index < -0.39 is 0 Å². The van der Waals surface area contributed by atoms with Crippen molar-refractivity contribution in [1.29, 1.82) is 0 Å².